The van der Waals surface area contributed by atoms with Gasteiger partial charge in [-0.25, -0.2) is 9.97 Å². The fourth-order valence-electron chi connectivity index (χ4n) is 3.38. The zero-order valence-corrected chi connectivity index (χ0v) is 17.1. The summed E-state index contributed by atoms with van der Waals surface area (Å²) >= 11 is 1.72. The topological polar surface area (TPSA) is 58.3 Å². The first-order valence-electron chi connectivity index (χ1n) is 9.30. The van der Waals surface area contributed by atoms with Crippen LogP contribution < -0.4 is 4.90 Å². The first-order chi connectivity index (χ1) is 13.0. The minimum atomic E-state index is 0.741. The van der Waals surface area contributed by atoms with Crippen molar-refractivity contribution in [2.45, 2.75) is 34.2 Å². The fourth-order valence-corrected chi connectivity index (χ4v) is 4.18. The number of oxazole rings is 1. The molecule has 1 aliphatic heterocycles. The lowest BCUT2D eigenvalue weighted by Gasteiger charge is -2.35. The number of aromatic nitrogens is 3. The van der Waals surface area contributed by atoms with Gasteiger partial charge in [-0.1, -0.05) is 0 Å². The van der Waals surface area contributed by atoms with Gasteiger partial charge in [0.15, 0.2) is 0 Å². The lowest BCUT2D eigenvalue weighted by Crippen LogP contribution is -2.46. The van der Waals surface area contributed by atoms with Crippen LogP contribution in [0.15, 0.2) is 22.7 Å². The smallest absolute Gasteiger partial charge is 0.236 e. The maximum absolute atomic E-state index is 5.92. The van der Waals surface area contributed by atoms with Gasteiger partial charge in [0.05, 0.1) is 22.0 Å². The molecule has 0 spiro atoms. The van der Waals surface area contributed by atoms with E-state index in [4.69, 9.17) is 9.40 Å². The van der Waals surface area contributed by atoms with Crippen LogP contribution in [0.25, 0.3) is 10.8 Å². The van der Waals surface area contributed by atoms with Crippen LogP contribution >= 0.6 is 11.3 Å². The Balaban J connectivity index is 1.41. The predicted octanol–water partition coefficient (Wildman–Crippen LogP) is 3.75. The van der Waals surface area contributed by atoms with E-state index in [0.29, 0.717) is 0 Å². The number of rotatable bonds is 4. The van der Waals surface area contributed by atoms with Crippen LogP contribution in [0.3, 0.4) is 0 Å². The van der Waals surface area contributed by atoms with Crippen molar-refractivity contribution in [2.75, 3.05) is 31.1 Å². The van der Waals surface area contributed by atoms with E-state index in [-0.39, 0.29) is 0 Å². The predicted molar refractivity (Wildman–Crippen MR) is 108 cm³/mol. The normalized spacial score (nSPS) is 15.5. The van der Waals surface area contributed by atoms with Gasteiger partial charge in [-0.2, -0.15) is 0 Å². The Hall–Kier alpha value is -2.25. The molecule has 0 N–H and O–H groups in total. The average molecular weight is 384 g/mol. The molecule has 142 valence electrons. The van der Waals surface area contributed by atoms with Crippen LogP contribution in [0, 0.1) is 27.7 Å². The van der Waals surface area contributed by atoms with E-state index >= 15 is 0 Å². The number of anilines is 1. The molecule has 4 heterocycles. The Morgan fingerprint density at radius 2 is 1.81 bits per heavy atom. The van der Waals surface area contributed by atoms with Gasteiger partial charge in [0.2, 0.25) is 5.89 Å². The van der Waals surface area contributed by atoms with Crippen LogP contribution in [0.5, 0.6) is 0 Å². The number of piperazine rings is 1. The summed E-state index contributed by atoms with van der Waals surface area (Å²) in [5.74, 6) is 2.67. The van der Waals surface area contributed by atoms with E-state index in [0.717, 1.165) is 72.2 Å². The van der Waals surface area contributed by atoms with Crippen LogP contribution in [-0.4, -0.2) is 46.0 Å². The van der Waals surface area contributed by atoms with Crippen molar-refractivity contribution < 1.29 is 4.42 Å². The second kappa shape index (κ2) is 7.40. The van der Waals surface area contributed by atoms with Crippen LogP contribution in [0.1, 0.15) is 27.7 Å². The molecule has 1 saturated heterocycles. The number of aryl methyl sites for hydroxylation is 4. The molecule has 0 radical (unpaired) electrons. The quantitative estimate of drug-likeness (QED) is 0.684. The molecular formula is C20H25N5OS. The third-order valence-electron chi connectivity index (χ3n) is 4.94. The van der Waals surface area contributed by atoms with Crippen molar-refractivity contribution >= 4 is 17.2 Å². The molecule has 0 atom stereocenters. The molecule has 3 aromatic rings. The standard InChI is InChI=1S/C20H25N5OS/c1-13-11-21-15(3)19(22-13)25-9-7-24(8-10-25)12-17-16(4)26-20(23-17)18-6-5-14(2)27-18/h5-6,11H,7-10,12H2,1-4H3. The Morgan fingerprint density at radius 1 is 1.04 bits per heavy atom. The molecule has 7 heteroatoms. The molecule has 6 nitrogen and oxygen atoms in total. The number of thiophene rings is 1. The van der Waals surface area contributed by atoms with Gasteiger partial charge in [-0.3, -0.25) is 9.88 Å². The molecule has 0 bridgehead atoms. The summed E-state index contributed by atoms with van der Waals surface area (Å²) in [7, 11) is 0. The van der Waals surface area contributed by atoms with E-state index in [1.54, 1.807) is 11.3 Å². The van der Waals surface area contributed by atoms with Gasteiger partial charge in [-0.05, 0) is 39.8 Å². The fraction of sp³-hybridized carbons (Fsp3) is 0.450. The van der Waals surface area contributed by atoms with E-state index in [1.807, 2.05) is 27.0 Å². The first-order valence-corrected chi connectivity index (χ1v) is 10.1. The zero-order chi connectivity index (χ0) is 19.0. The zero-order valence-electron chi connectivity index (χ0n) is 16.3. The molecule has 0 unspecified atom stereocenters. The third kappa shape index (κ3) is 3.89. The Bertz CT molecular complexity index is 940. The van der Waals surface area contributed by atoms with Gasteiger partial charge >= 0.3 is 0 Å². The summed E-state index contributed by atoms with van der Waals surface area (Å²) < 4.78 is 5.92. The summed E-state index contributed by atoms with van der Waals surface area (Å²) in [4.78, 5) is 21.0. The summed E-state index contributed by atoms with van der Waals surface area (Å²) in [5.41, 5.74) is 3.00. The summed E-state index contributed by atoms with van der Waals surface area (Å²) in [5, 5.41) is 0. The second-order valence-corrected chi connectivity index (χ2v) is 8.40. The molecule has 1 aliphatic rings. The minimum absolute atomic E-state index is 0.741. The highest BCUT2D eigenvalue weighted by Crippen LogP contribution is 2.29. The minimum Gasteiger partial charge on any atom is -0.440 e. The number of nitrogens with zero attached hydrogens (tertiary/aromatic N) is 5. The van der Waals surface area contributed by atoms with Crippen molar-refractivity contribution in [3.8, 4) is 10.8 Å². The lowest BCUT2D eigenvalue weighted by molar-refractivity contribution is 0.245. The van der Waals surface area contributed by atoms with Gasteiger partial charge in [0.25, 0.3) is 0 Å². The highest BCUT2D eigenvalue weighted by Gasteiger charge is 2.22. The highest BCUT2D eigenvalue weighted by atomic mass is 32.1. The van der Waals surface area contributed by atoms with Crippen LogP contribution in [-0.2, 0) is 6.54 Å². The van der Waals surface area contributed by atoms with Crippen LogP contribution in [0.2, 0.25) is 0 Å². The Morgan fingerprint density at radius 3 is 2.52 bits per heavy atom. The molecule has 3 aromatic heterocycles. The molecule has 4 rings (SSSR count). The molecule has 0 aliphatic carbocycles. The molecule has 0 aromatic carbocycles. The Labute approximate surface area is 163 Å². The van der Waals surface area contributed by atoms with Gasteiger partial charge in [-0.15, -0.1) is 11.3 Å². The molecule has 1 fully saturated rings. The monoisotopic (exact) mass is 383 g/mol. The first kappa shape index (κ1) is 18.1. The van der Waals surface area contributed by atoms with Crippen molar-refractivity contribution in [1.82, 2.24) is 19.9 Å². The molecule has 0 saturated carbocycles. The molecule has 27 heavy (non-hydrogen) atoms. The molecule has 0 amide bonds. The maximum atomic E-state index is 5.92. The van der Waals surface area contributed by atoms with Crippen molar-refractivity contribution in [3.05, 3.63) is 46.0 Å². The van der Waals surface area contributed by atoms with E-state index in [2.05, 4.69) is 38.8 Å². The van der Waals surface area contributed by atoms with Crippen molar-refractivity contribution in [2.24, 2.45) is 0 Å². The number of hydrogen-bond donors (Lipinski definition) is 0. The largest absolute Gasteiger partial charge is 0.440 e. The van der Waals surface area contributed by atoms with Gasteiger partial charge in [0, 0.05) is 43.8 Å². The van der Waals surface area contributed by atoms with Crippen molar-refractivity contribution in [3.63, 3.8) is 0 Å². The number of hydrogen-bond acceptors (Lipinski definition) is 7. The molecular weight excluding hydrogens is 358 g/mol. The second-order valence-electron chi connectivity index (χ2n) is 7.12. The van der Waals surface area contributed by atoms with Gasteiger partial charge < -0.3 is 9.32 Å². The summed E-state index contributed by atoms with van der Waals surface area (Å²) in [6.07, 6.45) is 1.83. The highest BCUT2D eigenvalue weighted by molar-refractivity contribution is 7.15. The average Bonchev–Trinajstić information content (AvgIpc) is 3.24. The van der Waals surface area contributed by atoms with Crippen molar-refractivity contribution in [1.29, 1.82) is 0 Å². The SMILES string of the molecule is Cc1cnc(C)c(N2CCN(Cc3nc(-c4ccc(C)s4)oc3C)CC2)n1. The van der Waals surface area contributed by atoms with E-state index < -0.39 is 0 Å². The maximum Gasteiger partial charge on any atom is 0.236 e. The van der Waals surface area contributed by atoms with Crippen LogP contribution in [0.4, 0.5) is 5.82 Å². The summed E-state index contributed by atoms with van der Waals surface area (Å²) in [6, 6.07) is 4.19. The van der Waals surface area contributed by atoms with Gasteiger partial charge in [0.1, 0.15) is 11.6 Å². The summed E-state index contributed by atoms with van der Waals surface area (Å²) in [6.45, 7) is 12.8. The van der Waals surface area contributed by atoms with E-state index in [9.17, 15) is 0 Å². The van der Waals surface area contributed by atoms with E-state index in [1.165, 1.54) is 4.88 Å². The third-order valence-corrected chi connectivity index (χ3v) is 5.93. The Kier molecular flexibility index (Phi) is 4.97. The lowest BCUT2D eigenvalue weighted by atomic mass is 10.2.